The summed E-state index contributed by atoms with van der Waals surface area (Å²) in [6.07, 6.45) is 6.66. The van der Waals surface area contributed by atoms with Gasteiger partial charge < -0.3 is 0 Å². The highest BCUT2D eigenvalue weighted by molar-refractivity contribution is 9.09. The molecule has 0 rings (SSSR count). The summed E-state index contributed by atoms with van der Waals surface area (Å²) >= 11 is 3.82. The molecule has 0 aromatic carbocycles. The van der Waals surface area contributed by atoms with Crippen molar-refractivity contribution < 1.29 is 0 Å². The molecule has 0 spiro atoms. The lowest BCUT2D eigenvalue weighted by Gasteiger charge is -2.23. The van der Waals surface area contributed by atoms with E-state index in [1.54, 1.807) is 0 Å². The molecule has 1 heteroatoms. The zero-order chi connectivity index (χ0) is 10.3. The topological polar surface area (TPSA) is 0 Å². The van der Waals surface area contributed by atoms with Crippen molar-refractivity contribution in [1.82, 2.24) is 0 Å². The lowest BCUT2D eigenvalue weighted by molar-refractivity contribution is 0.358. The molecule has 13 heavy (non-hydrogen) atoms. The zero-order valence-corrected chi connectivity index (χ0v) is 11.2. The van der Waals surface area contributed by atoms with Crippen molar-refractivity contribution in [3.63, 3.8) is 0 Å². The molecule has 3 atom stereocenters. The molecule has 0 nitrogen and oxygen atoms in total. The molecule has 3 unspecified atom stereocenters. The van der Waals surface area contributed by atoms with Gasteiger partial charge in [0.1, 0.15) is 0 Å². The van der Waals surface area contributed by atoms with E-state index < -0.39 is 0 Å². The summed E-state index contributed by atoms with van der Waals surface area (Å²) in [5.74, 6) is 1.77. The summed E-state index contributed by atoms with van der Waals surface area (Å²) in [5.41, 5.74) is 0. The van der Waals surface area contributed by atoms with Crippen LogP contribution in [0.3, 0.4) is 0 Å². The first-order chi connectivity index (χ1) is 6.15. The Hall–Kier alpha value is 0.480. The van der Waals surface area contributed by atoms with E-state index in [2.05, 4.69) is 43.6 Å². The summed E-state index contributed by atoms with van der Waals surface area (Å²) < 4.78 is 0. The van der Waals surface area contributed by atoms with Gasteiger partial charge in [0, 0.05) is 4.83 Å². The number of hydrogen-bond donors (Lipinski definition) is 0. The molecule has 0 bridgehead atoms. The Morgan fingerprint density at radius 3 is 2.08 bits per heavy atom. The number of halogens is 1. The van der Waals surface area contributed by atoms with Gasteiger partial charge in [-0.15, -0.1) is 0 Å². The molecule has 0 amide bonds. The van der Waals surface area contributed by atoms with Gasteiger partial charge in [-0.05, 0) is 24.7 Å². The van der Waals surface area contributed by atoms with Crippen LogP contribution in [0.15, 0.2) is 0 Å². The Kier molecular flexibility index (Phi) is 8.13. The first-order valence-corrected chi connectivity index (χ1v) is 6.71. The van der Waals surface area contributed by atoms with Crippen molar-refractivity contribution in [2.24, 2.45) is 11.8 Å². The molecule has 80 valence electrons. The fourth-order valence-corrected chi connectivity index (χ4v) is 2.81. The molecular weight excluding hydrogens is 224 g/mol. The van der Waals surface area contributed by atoms with Crippen LogP contribution >= 0.6 is 15.9 Å². The fourth-order valence-electron chi connectivity index (χ4n) is 1.77. The standard InChI is InChI=1S/C12H25Br/c1-5-8-12(13)11(7-3)9-10(4)6-2/h10-12H,5-9H2,1-4H3. The maximum Gasteiger partial charge on any atom is 0.0174 e. The van der Waals surface area contributed by atoms with E-state index in [4.69, 9.17) is 0 Å². The van der Waals surface area contributed by atoms with E-state index >= 15 is 0 Å². The molecule has 0 aromatic rings. The van der Waals surface area contributed by atoms with Crippen LogP contribution in [0.5, 0.6) is 0 Å². The summed E-state index contributed by atoms with van der Waals surface area (Å²) in [4.78, 5) is 0.747. The Morgan fingerprint density at radius 2 is 1.69 bits per heavy atom. The minimum atomic E-state index is 0.747. The minimum Gasteiger partial charge on any atom is -0.0888 e. The predicted molar refractivity (Wildman–Crippen MR) is 65.5 cm³/mol. The maximum atomic E-state index is 3.82. The molecule has 0 radical (unpaired) electrons. The van der Waals surface area contributed by atoms with Crippen molar-refractivity contribution in [2.45, 2.75) is 64.6 Å². The van der Waals surface area contributed by atoms with Crippen LogP contribution in [-0.4, -0.2) is 4.83 Å². The summed E-state index contributed by atoms with van der Waals surface area (Å²) in [5, 5.41) is 0. The van der Waals surface area contributed by atoms with Crippen molar-refractivity contribution in [2.75, 3.05) is 0 Å². The first kappa shape index (κ1) is 13.5. The van der Waals surface area contributed by atoms with Crippen LogP contribution in [0, 0.1) is 11.8 Å². The van der Waals surface area contributed by atoms with E-state index in [0.717, 1.165) is 16.7 Å². The van der Waals surface area contributed by atoms with Gasteiger partial charge in [-0.3, -0.25) is 0 Å². The average molecular weight is 249 g/mol. The van der Waals surface area contributed by atoms with Crippen LogP contribution in [0.1, 0.15) is 59.8 Å². The van der Waals surface area contributed by atoms with E-state index in [0.29, 0.717) is 0 Å². The smallest absolute Gasteiger partial charge is 0.0174 e. The Bertz CT molecular complexity index is 112. The van der Waals surface area contributed by atoms with E-state index in [9.17, 15) is 0 Å². The molecule has 0 aliphatic heterocycles. The SMILES string of the molecule is CCCC(Br)C(CC)CC(C)CC. The predicted octanol–water partition coefficient (Wildman–Crippen LogP) is 5.01. The van der Waals surface area contributed by atoms with Gasteiger partial charge in [0.05, 0.1) is 0 Å². The van der Waals surface area contributed by atoms with E-state index in [1.165, 1.54) is 32.1 Å². The fraction of sp³-hybridized carbons (Fsp3) is 1.00. The van der Waals surface area contributed by atoms with Crippen LogP contribution in [0.25, 0.3) is 0 Å². The second-order valence-electron chi connectivity index (χ2n) is 4.22. The third-order valence-corrected chi connectivity index (χ3v) is 4.21. The summed E-state index contributed by atoms with van der Waals surface area (Å²) in [6, 6.07) is 0. The van der Waals surface area contributed by atoms with Gasteiger partial charge in [-0.25, -0.2) is 0 Å². The largest absolute Gasteiger partial charge is 0.0888 e. The summed E-state index contributed by atoms with van der Waals surface area (Å²) in [7, 11) is 0. The van der Waals surface area contributed by atoms with Crippen molar-refractivity contribution >= 4 is 15.9 Å². The van der Waals surface area contributed by atoms with Gasteiger partial charge in [0.2, 0.25) is 0 Å². The molecular formula is C12H25Br. The van der Waals surface area contributed by atoms with E-state index in [-0.39, 0.29) is 0 Å². The van der Waals surface area contributed by atoms with E-state index in [1.807, 2.05) is 0 Å². The second-order valence-corrected chi connectivity index (χ2v) is 5.40. The quantitative estimate of drug-likeness (QED) is 0.556. The molecule has 0 heterocycles. The molecule has 0 saturated heterocycles. The molecule has 0 aliphatic carbocycles. The Morgan fingerprint density at radius 1 is 1.08 bits per heavy atom. The van der Waals surface area contributed by atoms with Crippen LogP contribution in [-0.2, 0) is 0 Å². The van der Waals surface area contributed by atoms with Crippen molar-refractivity contribution in [3.05, 3.63) is 0 Å². The van der Waals surface area contributed by atoms with Gasteiger partial charge in [-0.2, -0.15) is 0 Å². The van der Waals surface area contributed by atoms with Gasteiger partial charge >= 0.3 is 0 Å². The lowest BCUT2D eigenvalue weighted by atomic mass is 9.88. The summed E-state index contributed by atoms with van der Waals surface area (Å²) in [6.45, 7) is 9.25. The molecule has 0 fully saturated rings. The Labute approximate surface area is 92.6 Å². The normalized spacial score (nSPS) is 18.2. The molecule has 0 aliphatic rings. The number of rotatable bonds is 7. The highest BCUT2D eigenvalue weighted by Crippen LogP contribution is 2.28. The van der Waals surface area contributed by atoms with Gasteiger partial charge in [0.25, 0.3) is 0 Å². The maximum absolute atomic E-state index is 3.82. The van der Waals surface area contributed by atoms with Crippen molar-refractivity contribution in [1.29, 1.82) is 0 Å². The Balaban J connectivity index is 3.86. The van der Waals surface area contributed by atoms with Gasteiger partial charge in [-0.1, -0.05) is 62.9 Å². The highest BCUT2D eigenvalue weighted by Gasteiger charge is 2.17. The van der Waals surface area contributed by atoms with Gasteiger partial charge in [0.15, 0.2) is 0 Å². The second kappa shape index (κ2) is 7.84. The van der Waals surface area contributed by atoms with Crippen LogP contribution in [0.2, 0.25) is 0 Å². The molecule has 0 N–H and O–H groups in total. The monoisotopic (exact) mass is 248 g/mol. The average Bonchev–Trinajstić information content (AvgIpc) is 2.14. The zero-order valence-electron chi connectivity index (χ0n) is 9.65. The van der Waals surface area contributed by atoms with Crippen LogP contribution < -0.4 is 0 Å². The lowest BCUT2D eigenvalue weighted by Crippen LogP contribution is -2.16. The minimum absolute atomic E-state index is 0.747. The molecule has 0 saturated carbocycles. The van der Waals surface area contributed by atoms with Crippen LogP contribution in [0.4, 0.5) is 0 Å². The molecule has 0 aromatic heterocycles. The number of hydrogen-bond acceptors (Lipinski definition) is 0. The third kappa shape index (κ3) is 5.72. The number of alkyl halides is 1. The van der Waals surface area contributed by atoms with Crippen molar-refractivity contribution in [3.8, 4) is 0 Å². The first-order valence-electron chi connectivity index (χ1n) is 5.79. The highest BCUT2D eigenvalue weighted by atomic mass is 79.9. The third-order valence-electron chi connectivity index (χ3n) is 3.00.